The van der Waals surface area contributed by atoms with Crippen LogP contribution in [0.3, 0.4) is 0 Å². The minimum Gasteiger partial charge on any atom is -0.195 e. The maximum atomic E-state index is 13.0. The van der Waals surface area contributed by atoms with Gasteiger partial charge in [-0.15, -0.1) is 11.3 Å². The molecule has 1 aromatic carbocycles. The molecular weight excluding hydrogens is 265 g/mol. The first-order valence-corrected chi connectivity index (χ1v) is 5.87. The van der Waals surface area contributed by atoms with Gasteiger partial charge in [0.15, 0.2) is 5.13 Å². The van der Waals surface area contributed by atoms with Crippen LogP contribution in [-0.2, 0) is 5.33 Å². The van der Waals surface area contributed by atoms with E-state index in [1.54, 1.807) is 0 Å². The molecule has 1 heterocycles. The molecular formula is C10H5BrFNS. The van der Waals surface area contributed by atoms with Crippen LogP contribution >= 0.6 is 27.3 Å². The van der Waals surface area contributed by atoms with E-state index < -0.39 is 0 Å². The largest absolute Gasteiger partial charge is 0.195 e. The predicted molar refractivity (Wildman–Crippen MR) is 59.1 cm³/mol. The lowest BCUT2D eigenvalue weighted by Gasteiger charge is -1.99. The Balaban J connectivity index is 2.84. The number of thiophene rings is 1. The molecule has 70 valence electrons. The number of fused-ring (bicyclic) bond motifs is 1. The van der Waals surface area contributed by atoms with E-state index in [2.05, 4.69) is 22.0 Å². The zero-order valence-electron chi connectivity index (χ0n) is 7.05. The zero-order valence-corrected chi connectivity index (χ0v) is 9.45. The monoisotopic (exact) mass is 269 g/mol. The van der Waals surface area contributed by atoms with Crippen molar-refractivity contribution in [2.75, 3.05) is 0 Å². The van der Waals surface area contributed by atoms with E-state index in [0.29, 0.717) is 16.3 Å². The van der Waals surface area contributed by atoms with Crippen LogP contribution < -0.4 is 0 Å². The quantitative estimate of drug-likeness (QED) is 0.723. The molecule has 1 nitrogen and oxygen atoms in total. The fraction of sp³-hybridized carbons (Fsp3) is 0.100. The normalized spacial score (nSPS) is 10.4. The van der Waals surface area contributed by atoms with Gasteiger partial charge in [-0.05, 0) is 17.7 Å². The van der Waals surface area contributed by atoms with E-state index in [9.17, 15) is 4.39 Å². The Bertz CT molecular complexity index is 527. The van der Waals surface area contributed by atoms with Crippen LogP contribution in [0, 0.1) is 16.5 Å². The number of nitrogens with zero attached hydrogens (tertiary/aromatic N) is 1. The highest BCUT2D eigenvalue weighted by Gasteiger charge is 2.09. The van der Waals surface area contributed by atoms with E-state index in [0.717, 1.165) is 21.6 Å². The first kappa shape index (κ1) is 9.63. The summed E-state index contributed by atoms with van der Waals surface area (Å²) in [6.07, 6.45) is 0. The zero-order chi connectivity index (χ0) is 10.1. The van der Waals surface area contributed by atoms with E-state index in [1.807, 2.05) is 12.1 Å². The second kappa shape index (κ2) is 3.68. The van der Waals surface area contributed by atoms with Gasteiger partial charge in [0.25, 0.3) is 0 Å². The van der Waals surface area contributed by atoms with Gasteiger partial charge < -0.3 is 0 Å². The van der Waals surface area contributed by atoms with E-state index in [1.165, 1.54) is 6.07 Å². The van der Waals surface area contributed by atoms with Gasteiger partial charge in [-0.3, -0.25) is 0 Å². The molecule has 0 unspecified atom stereocenters. The Labute approximate surface area is 92.9 Å². The van der Waals surface area contributed by atoms with Crippen LogP contribution in [0.15, 0.2) is 18.2 Å². The number of benzene rings is 1. The van der Waals surface area contributed by atoms with Crippen LogP contribution in [0.2, 0.25) is 0 Å². The molecule has 0 aliphatic rings. The Hall–Kier alpha value is -0.920. The van der Waals surface area contributed by atoms with Crippen molar-refractivity contribution < 1.29 is 4.39 Å². The lowest BCUT2D eigenvalue weighted by molar-refractivity contribution is 0.658. The first-order valence-electron chi connectivity index (χ1n) is 3.93. The van der Waals surface area contributed by atoms with Crippen LogP contribution in [0.5, 0.6) is 0 Å². The van der Waals surface area contributed by atoms with Gasteiger partial charge in [0, 0.05) is 15.4 Å². The standard InChI is InChI=1S/C10H5BrFNS/c11-4-6-1-2-9-7(8(6)5-13)3-10(12)14-9/h1-3H,4H2. The number of alkyl halides is 1. The molecule has 4 heteroatoms. The Morgan fingerprint density at radius 1 is 1.50 bits per heavy atom. The third-order valence-electron chi connectivity index (χ3n) is 2.01. The fourth-order valence-corrected chi connectivity index (χ4v) is 2.63. The third-order valence-corrected chi connectivity index (χ3v) is 3.51. The molecule has 2 rings (SSSR count). The van der Waals surface area contributed by atoms with E-state index in [-0.39, 0.29) is 5.13 Å². The molecule has 0 N–H and O–H groups in total. The highest BCUT2D eigenvalue weighted by molar-refractivity contribution is 9.08. The fourth-order valence-electron chi connectivity index (χ4n) is 1.37. The molecule has 0 aliphatic carbocycles. The van der Waals surface area contributed by atoms with Gasteiger partial charge in [-0.25, -0.2) is 0 Å². The van der Waals surface area contributed by atoms with Gasteiger partial charge >= 0.3 is 0 Å². The van der Waals surface area contributed by atoms with Gasteiger partial charge in [-0.1, -0.05) is 22.0 Å². The number of halogens is 2. The molecule has 0 atom stereocenters. The molecule has 1 aromatic heterocycles. The highest BCUT2D eigenvalue weighted by atomic mass is 79.9. The summed E-state index contributed by atoms with van der Waals surface area (Å²) in [5, 5.41) is 10.1. The molecule has 0 saturated carbocycles. The van der Waals surface area contributed by atoms with E-state index in [4.69, 9.17) is 5.26 Å². The van der Waals surface area contributed by atoms with Crippen molar-refractivity contribution in [3.8, 4) is 6.07 Å². The second-order valence-electron chi connectivity index (χ2n) is 2.81. The van der Waals surface area contributed by atoms with E-state index >= 15 is 0 Å². The molecule has 0 amide bonds. The molecule has 0 saturated heterocycles. The van der Waals surface area contributed by atoms with Crippen LogP contribution in [0.1, 0.15) is 11.1 Å². The molecule has 0 spiro atoms. The van der Waals surface area contributed by atoms with Crippen molar-refractivity contribution in [2.24, 2.45) is 0 Å². The lowest BCUT2D eigenvalue weighted by atomic mass is 10.1. The summed E-state index contributed by atoms with van der Waals surface area (Å²) in [5.41, 5.74) is 1.47. The maximum Gasteiger partial charge on any atom is 0.177 e. The minimum absolute atomic E-state index is 0.247. The Morgan fingerprint density at radius 3 is 2.93 bits per heavy atom. The average Bonchev–Trinajstić information content (AvgIpc) is 2.56. The van der Waals surface area contributed by atoms with Gasteiger partial charge in [-0.2, -0.15) is 9.65 Å². The van der Waals surface area contributed by atoms with Gasteiger partial charge in [0.1, 0.15) is 6.07 Å². The van der Waals surface area contributed by atoms with Gasteiger partial charge in [0.2, 0.25) is 0 Å². The number of hydrogen-bond acceptors (Lipinski definition) is 2. The number of rotatable bonds is 1. The first-order chi connectivity index (χ1) is 6.76. The van der Waals surface area contributed by atoms with Crippen LogP contribution in [-0.4, -0.2) is 0 Å². The molecule has 0 radical (unpaired) electrons. The van der Waals surface area contributed by atoms with Crippen molar-refractivity contribution in [1.29, 1.82) is 5.26 Å². The number of nitriles is 1. The summed E-state index contributed by atoms with van der Waals surface area (Å²) in [7, 11) is 0. The Morgan fingerprint density at radius 2 is 2.29 bits per heavy atom. The molecule has 2 aromatic rings. The van der Waals surface area contributed by atoms with Crippen molar-refractivity contribution in [2.45, 2.75) is 5.33 Å². The molecule has 0 bridgehead atoms. The lowest BCUT2D eigenvalue weighted by Crippen LogP contribution is -1.85. The summed E-state index contributed by atoms with van der Waals surface area (Å²) in [6, 6.07) is 7.23. The van der Waals surface area contributed by atoms with Crippen molar-refractivity contribution in [3.05, 3.63) is 34.5 Å². The molecule has 0 fully saturated rings. The smallest absolute Gasteiger partial charge is 0.177 e. The van der Waals surface area contributed by atoms with Crippen LogP contribution in [0.25, 0.3) is 10.1 Å². The molecule has 14 heavy (non-hydrogen) atoms. The Kier molecular flexibility index (Phi) is 2.53. The summed E-state index contributed by atoms with van der Waals surface area (Å²) in [6.45, 7) is 0. The topological polar surface area (TPSA) is 23.8 Å². The van der Waals surface area contributed by atoms with Crippen molar-refractivity contribution >= 4 is 37.4 Å². The third kappa shape index (κ3) is 1.43. The average molecular weight is 270 g/mol. The summed E-state index contributed by atoms with van der Waals surface area (Å²) < 4.78 is 13.8. The van der Waals surface area contributed by atoms with Crippen molar-refractivity contribution in [3.63, 3.8) is 0 Å². The predicted octanol–water partition coefficient (Wildman–Crippen LogP) is 3.81. The van der Waals surface area contributed by atoms with Crippen molar-refractivity contribution in [1.82, 2.24) is 0 Å². The van der Waals surface area contributed by atoms with Gasteiger partial charge in [0.05, 0.1) is 5.56 Å². The second-order valence-corrected chi connectivity index (χ2v) is 4.40. The maximum absolute atomic E-state index is 13.0. The SMILES string of the molecule is N#Cc1c(CBr)ccc2sc(F)cc12. The van der Waals surface area contributed by atoms with Crippen LogP contribution in [0.4, 0.5) is 4.39 Å². The summed E-state index contributed by atoms with van der Waals surface area (Å²) in [4.78, 5) is 0. The summed E-state index contributed by atoms with van der Waals surface area (Å²) >= 11 is 4.37. The minimum atomic E-state index is -0.247. The highest BCUT2D eigenvalue weighted by Crippen LogP contribution is 2.29. The number of hydrogen-bond donors (Lipinski definition) is 0. The molecule has 0 aliphatic heterocycles. The summed E-state index contributed by atoms with van der Waals surface area (Å²) in [5.74, 6) is 0.